The molecule has 3 N–H and O–H groups in total. The number of nitrogens with zero attached hydrogens (tertiary/aromatic N) is 1. The summed E-state index contributed by atoms with van der Waals surface area (Å²) in [5.41, 5.74) is 5.86. The minimum Gasteiger partial charge on any atom is -0.399 e. The van der Waals surface area contributed by atoms with Gasteiger partial charge in [0.2, 0.25) is 0 Å². The maximum Gasteiger partial charge on any atom is 0.296 e. The third-order valence-electron chi connectivity index (χ3n) is 1.73. The summed E-state index contributed by atoms with van der Waals surface area (Å²) >= 11 is 6.74. The van der Waals surface area contributed by atoms with Gasteiger partial charge in [-0.15, -0.1) is 11.3 Å². The van der Waals surface area contributed by atoms with Crippen molar-refractivity contribution in [1.82, 2.24) is 4.98 Å². The Bertz CT molecular complexity index is 635. The van der Waals surface area contributed by atoms with Crippen LogP contribution in [0.1, 0.15) is 0 Å². The van der Waals surface area contributed by atoms with Crippen molar-refractivity contribution in [2.24, 2.45) is 0 Å². The highest BCUT2D eigenvalue weighted by Gasteiger charge is 2.18. The molecule has 2 aromatic rings. The van der Waals surface area contributed by atoms with Crippen LogP contribution in [0.2, 0.25) is 4.47 Å². The van der Waals surface area contributed by atoms with Crippen molar-refractivity contribution in [2.75, 3.05) is 5.73 Å². The topological polar surface area (TPSA) is 93.3 Å². The van der Waals surface area contributed by atoms with E-state index in [0.29, 0.717) is 4.70 Å². The quantitative estimate of drug-likeness (QED) is 0.605. The second kappa shape index (κ2) is 3.31. The number of aromatic nitrogens is 1. The molecule has 0 saturated carbocycles. The van der Waals surface area contributed by atoms with Crippen LogP contribution in [0.4, 0.5) is 5.69 Å². The number of thiazole rings is 1. The first-order chi connectivity index (χ1) is 6.88. The van der Waals surface area contributed by atoms with E-state index in [4.69, 9.17) is 21.9 Å². The molecule has 0 fully saturated rings. The zero-order chi connectivity index (χ0) is 11.2. The highest BCUT2D eigenvalue weighted by Crippen LogP contribution is 2.32. The van der Waals surface area contributed by atoms with Crippen LogP contribution in [0.15, 0.2) is 17.0 Å². The van der Waals surface area contributed by atoms with Gasteiger partial charge in [0.15, 0.2) is 4.47 Å². The first-order valence-electron chi connectivity index (χ1n) is 3.71. The fraction of sp³-hybridized carbons (Fsp3) is 0. The number of nitrogen functional groups attached to an aromatic ring is 1. The Kier molecular flexibility index (Phi) is 2.34. The molecule has 1 aromatic carbocycles. The molecular formula is C7H5ClN2O3S2. The molecule has 5 nitrogen and oxygen atoms in total. The minimum atomic E-state index is -4.33. The Labute approximate surface area is 94.2 Å². The number of benzene rings is 1. The Morgan fingerprint density at radius 3 is 2.73 bits per heavy atom. The van der Waals surface area contributed by atoms with Crippen LogP contribution in [0.3, 0.4) is 0 Å². The van der Waals surface area contributed by atoms with E-state index in [9.17, 15) is 8.42 Å². The van der Waals surface area contributed by atoms with Crippen molar-refractivity contribution >= 4 is 49.0 Å². The number of hydrogen-bond acceptors (Lipinski definition) is 5. The fourth-order valence-electron chi connectivity index (χ4n) is 1.19. The van der Waals surface area contributed by atoms with Gasteiger partial charge >= 0.3 is 0 Å². The molecule has 8 heteroatoms. The molecule has 0 aliphatic carbocycles. The highest BCUT2D eigenvalue weighted by atomic mass is 35.5. The molecule has 0 atom stereocenters. The molecule has 0 spiro atoms. The Balaban J connectivity index is 2.94. The molecular weight excluding hydrogens is 260 g/mol. The van der Waals surface area contributed by atoms with Gasteiger partial charge in [0, 0.05) is 5.69 Å². The smallest absolute Gasteiger partial charge is 0.296 e. The van der Waals surface area contributed by atoms with Crippen LogP contribution in [0, 0.1) is 0 Å². The highest BCUT2D eigenvalue weighted by molar-refractivity contribution is 7.86. The van der Waals surface area contributed by atoms with Crippen LogP contribution in [0.5, 0.6) is 0 Å². The Morgan fingerprint density at radius 1 is 1.47 bits per heavy atom. The number of hydrogen-bond donors (Lipinski definition) is 2. The fourth-order valence-corrected chi connectivity index (χ4v) is 3.04. The summed E-state index contributed by atoms with van der Waals surface area (Å²) in [7, 11) is -4.33. The average Bonchev–Trinajstić information content (AvgIpc) is 2.41. The largest absolute Gasteiger partial charge is 0.399 e. The predicted octanol–water partition coefficient (Wildman–Crippen LogP) is 1.78. The van der Waals surface area contributed by atoms with Crippen LogP contribution in [-0.2, 0) is 10.1 Å². The number of nitrogens with two attached hydrogens (primary N) is 1. The summed E-state index contributed by atoms with van der Waals surface area (Å²) in [6, 6.07) is 2.70. The van der Waals surface area contributed by atoms with Crippen molar-refractivity contribution < 1.29 is 13.0 Å². The molecule has 0 aliphatic rings. The number of anilines is 1. The van der Waals surface area contributed by atoms with E-state index in [2.05, 4.69) is 4.98 Å². The van der Waals surface area contributed by atoms with Crippen LogP contribution in [-0.4, -0.2) is 18.0 Å². The molecule has 80 valence electrons. The van der Waals surface area contributed by atoms with Gasteiger partial charge in [-0.3, -0.25) is 4.55 Å². The van der Waals surface area contributed by atoms with E-state index in [-0.39, 0.29) is 20.6 Å². The third-order valence-corrected chi connectivity index (χ3v) is 3.71. The molecule has 0 bridgehead atoms. The second-order valence-electron chi connectivity index (χ2n) is 2.81. The molecule has 0 radical (unpaired) electrons. The van der Waals surface area contributed by atoms with Crippen molar-refractivity contribution in [3.05, 3.63) is 16.6 Å². The van der Waals surface area contributed by atoms with E-state index in [1.54, 1.807) is 6.07 Å². The van der Waals surface area contributed by atoms with Gasteiger partial charge in [-0.2, -0.15) is 8.42 Å². The van der Waals surface area contributed by atoms with Crippen molar-refractivity contribution in [3.63, 3.8) is 0 Å². The molecule has 0 amide bonds. The summed E-state index contributed by atoms with van der Waals surface area (Å²) in [6.07, 6.45) is 0. The zero-order valence-electron chi connectivity index (χ0n) is 7.14. The summed E-state index contributed by atoms with van der Waals surface area (Å²) in [4.78, 5) is 3.49. The SMILES string of the molecule is Nc1cc(S(=O)(=O)O)c2nc(Cl)sc2c1. The van der Waals surface area contributed by atoms with E-state index in [1.807, 2.05) is 0 Å². The second-order valence-corrected chi connectivity index (χ2v) is 5.81. The maximum absolute atomic E-state index is 11.0. The molecule has 1 aromatic heterocycles. The summed E-state index contributed by atoms with van der Waals surface area (Å²) < 4.78 is 31.7. The first-order valence-corrected chi connectivity index (χ1v) is 6.34. The van der Waals surface area contributed by atoms with E-state index in [0.717, 1.165) is 17.4 Å². The van der Waals surface area contributed by atoms with E-state index >= 15 is 0 Å². The normalized spacial score (nSPS) is 12.1. The summed E-state index contributed by atoms with van der Waals surface area (Å²) in [5.74, 6) is 0. The van der Waals surface area contributed by atoms with Crippen LogP contribution >= 0.6 is 22.9 Å². The van der Waals surface area contributed by atoms with Crippen molar-refractivity contribution in [2.45, 2.75) is 4.90 Å². The lowest BCUT2D eigenvalue weighted by Crippen LogP contribution is -2.00. The van der Waals surface area contributed by atoms with Gasteiger partial charge in [-0.1, -0.05) is 11.6 Å². The molecule has 15 heavy (non-hydrogen) atoms. The molecule has 2 rings (SSSR count). The van der Waals surface area contributed by atoms with Gasteiger partial charge in [0.25, 0.3) is 10.1 Å². The van der Waals surface area contributed by atoms with Gasteiger partial charge < -0.3 is 5.73 Å². The lowest BCUT2D eigenvalue weighted by atomic mass is 10.3. The summed E-state index contributed by atoms with van der Waals surface area (Å²) in [6.45, 7) is 0. The number of halogens is 1. The number of rotatable bonds is 1. The lowest BCUT2D eigenvalue weighted by molar-refractivity contribution is 0.484. The van der Waals surface area contributed by atoms with Crippen molar-refractivity contribution in [1.29, 1.82) is 0 Å². The standard InChI is InChI=1S/C7H5ClN2O3S2/c8-7-10-6-4(14-7)1-3(9)2-5(6)15(11,12)13/h1-2H,9H2,(H,11,12,13). The van der Waals surface area contributed by atoms with Gasteiger partial charge in [-0.05, 0) is 12.1 Å². The Hall–Kier alpha value is -0.890. The first kappa shape index (κ1) is 10.6. The van der Waals surface area contributed by atoms with Gasteiger partial charge in [-0.25, -0.2) is 4.98 Å². The maximum atomic E-state index is 11.0. The van der Waals surface area contributed by atoms with Crippen LogP contribution in [0.25, 0.3) is 10.2 Å². The molecule has 1 heterocycles. The average molecular weight is 265 g/mol. The monoisotopic (exact) mass is 264 g/mol. The van der Waals surface area contributed by atoms with Gasteiger partial charge in [0.05, 0.1) is 4.70 Å². The Morgan fingerprint density at radius 2 is 2.13 bits per heavy atom. The van der Waals surface area contributed by atoms with Crippen molar-refractivity contribution in [3.8, 4) is 0 Å². The molecule has 0 saturated heterocycles. The number of fused-ring (bicyclic) bond motifs is 1. The molecule has 0 unspecified atom stereocenters. The zero-order valence-corrected chi connectivity index (χ0v) is 9.53. The lowest BCUT2D eigenvalue weighted by Gasteiger charge is -1.99. The van der Waals surface area contributed by atoms with Gasteiger partial charge in [0.1, 0.15) is 10.4 Å². The predicted molar refractivity (Wildman–Crippen MR) is 58.9 cm³/mol. The van der Waals surface area contributed by atoms with E-state index in [1.165, 1.54) is 0 Å². The summed E-state index contributed by atoms with van der Waals surface area (Å²) in [5, 5.41) is 0. The minimum absolute atomic E-state index is 0.140. The van der Waals surface area contributed by atoms with Crippen LogP contribution < -0.4 is 5.73 Å². The molecule has 0 aliphatic heterocycles. The third kappa shape index (κ3) is 1.91. The van der Waals surface area contributed by atoms with E-state index < -0.39 is 10.1 Å².